The Balaban J connectivity index is 2.04. The largest absolute Gasteiger partial charge is 0.468 e. The van der Waals surface area contributed by atoms with E-state index in [4.69, 9.17) is 4.74 Å². The third kappa shape index (κ3) is 3.35. The van der Waals surface area contributed by atoms with Crippen molar-refractivity contribution in [1.82, 2.24) is 14.7 Å². The highest BCUT2D eigenvalue weighted by atomic mass is 16.5. The highest BCUT2D eigenvalue weighted by Crippen LogP contribution is 2.20. The number of aromatic nitrogens is 2. The first-order valence-electron chi connectivity index (χ1n) is 6.97. The normalized spacial score (nSPS) is 20.7. The van der Waals surface area contributed by atoms with Crippen LogP contribution >= 0.6 is 0 Å². The van der Waals surface area contributed by atoms with E-state index in [-0.39, 0.29) is 12.0 Å². The topological polar surface area (TPSA) is 47.4 Å². The van der Waals surface area contributed by atoms with Crippen LogP contribution in [0.4, 0.5) is 0 Å². The van der Waals surface area contributed by atoms with Crippen LogP contribution in [0.25, 0.3) is 0 Å². The number of carbonyl (C=O) groups is 1. The Kier molecular flexibility index (Phi) is 4.58. The molecule has 1 fully saturated rings. The van der Waals surface area contributed by atoms with Crippen LogP contribution in [0, 0.1) is 0 Å². The van der Waals surface area contributed by atoms with Gasteiger partial charge in [-0.2, -0.15) is 5.10 Å². The molecule has 2 rings (SSSR count). The lowest BCUT2D eigenvalue weighted by Gasteiger charge is -2.33. The predicted molar refractivity (Wildman–Crippen MR) is 72.7 cm³/mol. The second-order valence-electron chi connectivity index (χ2n) is 5.39. The molecule has 0 saturated carbocycles. The summed E-state index contributed by atoms with van der Waals surface area (Å²) in [7, 11) is 1.46. The summed E-state index contributed by atoms with van der Waals surface area (Å²) in [6.45, 7) is 5.87. The maximum atomic E-state index is 11.8. The quantitative estimate of drug-likeness (QED) is 0.781. The Morgan fingerprint density at radius 1 is 1.53 bits per heavy atom. The van der Waals surface area contributed by atoms with Crippen LogP contribution in [-0.2, 0) is 16.1 Å². The molecule has 1 aromatic rings. The molecule has 1 aromatic heterocycles. The van der Waals surface area contributed by atoms with Gasteiger partial charge in [0.05, 0.1) is 12.8 Å². The Hall–Kier alpha value is -1.36. The van der Waals surface area contributed by atoms with Crippen LogP contribution in [0.2, 0.25) is 0 Å². The van der Waals surface area contributed by atoms with Crippen molar-refractivity contribution in [3.8, 4) is 0 Å². The van der Waals surface area contributed by atoms with Gasteiger partial charge in [0.2, 0.25) is 0 Å². The first kappa shape index (κ1) is 14.1. The summed E-state index contributed by atoms with van der Waals surface area (Å²) in [5.74, 6) is -0.122. The van der Waals surface area contributed by atoms with E-state index in [2.05, 4.69) is 23.8 Å². The molecule has 1 aliphatic heterocycles. The summed E-state index contributed by atoms with van der Waals surface area (Å²) in [4.78, 5) is 14.0. The minimum atomic E-state index is -0.122. The molecule has 0 spiro atoms. The van der Waals surface area contributed by atoms with Gasteiger partial charge in [0.1, 0.15) is 6.04 Å². The van der Waals surface area contributed by atoms with Gasteiger partial charge in [-0.15, -0.1) is 0 Å². The number of piperidine rings is 1. The number of rotatable bonds is 4. The molecule has 0 aromatic carbocycles. The third-order valence-corrected chi connectivity index (χ3v) is 3.64. The number of nitrogens with zero attached hydrogens (tertiary/aromatic N) is 3. The lowest BCUT2D eigenvalue weighted by atomic mass is 10.0. The monoisotopic (exact) mass is 265 g/mol. The van der Waals surface area contributed by atoms with Crippen molar-refractivity contribution in [3.63, 3.8) is 0 Å². The summed E-state index contributed by atoms with van der Waals surface area (Å²) in [6, 6.07) is 2.29. The lowest BCUT2D eigenvalue weighted by molar-refractivity contribution is -0.148. The smallest absolute Gasteiger partial charge is 0.323 e. The van der Waals surface area contributed by atoms with Gasteiger partial charge in [-0.1, -0.05) is 6.42 Å². The molecule has 0 aliphatic carbocycles. The first-order chi connectivity index (χ1) is 9.11. The standard InChI is InChI=1S/C14H23N3O2/c1-11(2)17-9-7-12(15-17)10-16-8-5-4-6-13(16)14(18)19-3/h7,9,11,13H,4-6,8,10H2,1-3H3/t13-/m1/s1. The minimum absolute atomic E-state index is 0.108. The average Bonchev–Trinajstić information content (AvgIpc) is 2.87. The van der Waals surface area contributed by atoms with Gasteiger partial charge >= 0.3 is 5.97 Å². The predicted octanol–water partition coefficient (Wildman–Crippen LogP) is 1.99. The van der Waals surface area contributed by atoms with Crippen LogP contribution in [0.3, 0.4) is 0 Å². The van der Waals surface area contributed by atoms with Crippen molar-refractivity contribution in [2.45, 2.75) is 51.7 Å². The van der Waals surface area contributed by atoms with E-state index >= 15 is 0 Å². The van der Waals surface area contributed by atoms with Crippen LogP contribution in [0.1, 0.15) is 44.8 Å². The maximum absolute atomic E-state index is 11.8. The second-order valence-corrected chi connectivity index (χ2v) is 5.39. The van der Waals surface area contributed by atoms with Gasteiger partial charge < -0.3 is 4.74 Å². The van der Waals surface area contributed by atoms with E-state index < -0.39 is 0 Å². The van der Waals surface area contributed by atoms with Gasteiger partial charge in [-0.05, 0) is 39.3 Å². The molecule has 2 heterocycles. The van der Waals surface area contributed by atoms with Crippen molar-refractivity contribution in [3.05, 3.63) is 18.0 Å². The molecular weight excluding hydrogens is 242 g/mol. The van der Waals surface area contributed by atoms with Crippen molar-refractivity contribution < 1.29 is 9.53 Å². The summed E-state index contributed by atoms with van der Waals surface area (Å²) < 4.78 is 6.85. The Morgan fingerprint density at radius 3 is 2.95 bits per heavy atom. The fraction of sp³-hybridized carbons (Fsp3) is 0.714. The number of ether oxygens (including phenoxy) is 1. The Bertz CT molecular complexity index is 428. The highest BCUT2D eigenvalue weighted by Gasteiger charge is 2.29. The molecule has 106 valence electrons. The van der Waals surface area contributed by atoms with E-state index in [9.17, 15) is 4.79 Å². The van der Waals surface area contributed by atoms with Crippen LogP contribution in [0.15, 0.2) is 12.3 Å². The van der Waals surface area contributed by atoms with E-state index in [1.807, 2.05) is 16.9 Å². The third-order valence-electron chi connectivity index (χ3n) is 3.64. The van der Waals surface area contributed by atoms with Crippen LogP contribution in [0.5, 0.6) is 0 Å². The van der Waals surface area contributed by atoms with Crippen molar-refractivity contribution >= 4 is 5.97 Å². The molecule has 0 bridgehead atoms. The zero-order valence-electron chi connectivity index (χ0n) is 12.0. The average molecular weight is 265 g/mol. The van der Waals surface area contributed by atoms with Crippen molar-refractivity contribution in [2.75, 3.05) is 13.7 Å². The molecule has 5 heteroatoms. The SMILES string of the molecule is COC(=O)[C@H]1CCCCN1Cc1ccn(C(C)C)n1. The number of hydrogen-bond donors (Lipinski definition) is 0. The Labute approximate surface area is 114 Å². The second kappa shape index (κ2) is 6.19. The number of methoxy groups -OCH3 is 1. The first-order valence-corrected chi connectivity index (χ1v) is 6.97. The summed E-state index contributed by atoms with van der Waals surface area (Å²) in [5.41, 5.74) is 1.02. The highest BCUT2D eigenvalue weighted by molar-refractivity contribution is 5.75. The molecule has 19 heavy (non-hydrogen) atoms. The maximum Gasteiger partial charge on any atom is 0.323 e. The van der Waals surface area contributed by atoms with Gasteiger partial charge in [-0.25, -0.2) is 0 Å². The molecule has 1 atom stereocenters. The molecule has 1 aliphatic rings. The number of carbonyl (C=O) groups excluding carboxylic acids is 1. The number of hydrogen-bond acceptors (Lipinski definition) is 4. The fourth-order valence-electron chi connectivity index (χ4n) is 2.54. The lowest BCUT2D eigenvalue weighted by Crippen LogP contribution is -2.44. The fourth-order valence-corrected chi connectivity index (χ4v) is 2.54. The molecule has 0 unspecified atom stereocenters. The van der Waals surface area contributed by atoms with Crippen molar-refractivity contribution in [2.24, 2.45) is 0 Å². The van der Waals surface area contributed by atoms with Gasteiger partial charge in [-0.3, -0.25) is 14.4 Å². The summed E-state index contributed by atoms with van der Waals surface area (Å²) >= 11 is 0. The summed E-state index contributed by atoms with van der Waals surface area (Å²) in [6.07, 6.45) is 5.11. The summed E-state index contributed by atoms with van der Waals surface area (Å²) in [5, 5.41) is 4.55. The number of esters is 1. The van der Waals surface area contributed by atoms with Crippen LogP contribution in [-0.4, -0.2) is 40.3 Å². The van der Waals surface area contributed by atoms with Gasteiger partial charge in [0, 0.05) is 18.8 Å². The van der Waals surface area contributed by atoms with Crippen LogP contribution < -0.4 is 0 Å². The van der Waals surface area contributed by atoms with E-state index in [1.165, 1.54) is 7.11 Å². The van der Waals surface area contributed by atoms with E-state index in [1.54, 1.807) is 0 Å². The van der Waals surface area contributed by atoms with E-state index in [0.29, 0.717) is 6.04 Å². The molecule has 0 radical (unpaired) electrons. The molecule has 0 amide bonds. The molecule has 0 N–H and O–H groups in total. The molecular formula is C14H23N3O2. The molecule has 1 saturated heterocycles. The van der Waals surface area contributed by atoms with Gasteiger partial charge in [0.15, 0.2) is 0 Å². The van der Waals surface area contributed by atoms with Gasteiger partial charge in [0.25, 0.3) is 0 Å². The van der Waals surface area contributed by atoms with Crippen molar-refractivity contribution in [1.29, 1.82) is 0 Å². The zero-order chi connectivity index (χ0) is 13.8. The number of likely N-dealkylation sites (tertiary alicyclic amines) is 1. The molecule has 5 nitrogen and oxygen atoms in total. The zero-order valence-corrected chi connectivity index (χ0v) is 12.0. The van der Waals surface area contributed by atoms with E-state index in [0.717, 1.165) is 38.0 Å². The minimum Gasteiger partial charge on any atom is -0.468 e. The Morgan fingerprint density at radius 2 is 2.32 bits per heavy atom.